The van der Waals surface area contributed by atoms with Crippen molar-refractivity contribution in [1.29, 1.82) is 0 Å². The Morgan fingerprint density at radius 3 is 3.05 bits per heavy atom. The molecule has 1 aliphatic rings. The van der Waals surface area contributed by atoms with Crippen LogP contribution in [0.4, 0.5) is 11.5 Å². The maximum Gasteiger partial charge on any atom is 0.255 e. The van der Waals surface area contributed by atoms with E-state index >= 15 is 0 Å². The van der Waals surface area contributed by atoms with Gasteiger partial charge in [0.1, 0.15) is 17.3 Å². The number of benzene rings is 1. The van der Waals surface area contributed by atoms with E-state index in [-0.39, 0.29) is 0 Å². The Balaban J connectivity index is 1.92. The zero-order chi connectivity index (χ0) is 14.4. The number of nitrogens with zero attached hydrogens (tertiary/aromatic N) is 5. The van der Waals surface area contributed by atoms with Crippen LogP contribution in [0.1, 0.15) is 17.5 Å². The summed E-state index contributed by atoms with van der Waals surface area (Å²) in [5.74, 6) is 1.43. The summed E-state index contributed by atoms with van der Waals surface area (Å²) in [7, 11) is 0. The van der Waals surface area contributed by atoms with Crippen LogP contribution in [0, 0.1) is 6.92 Å². The average molecular weight is 300 g/mol. The third-order valence-electron chi connectivity index (χ3n) is 3.83. The molecule has 2 aromatic heterocycles. The quantitative estimate of drug-likeness (QED) is 0.648. The molecule has 4 rings (SSSR count). The lowest BCUT2D eigenvalue weighted by Crippen LogP contribution is -2.26. The Hall–Kier alpha value is -2.14. The fourth-order valence-electron chi connectivity index (χ4n) is 2.92. The van der Waals surface area contributed by atoms with E-state index in [0.29, 0.717) is 10.9 Å². The molecule has 0 atom stereocenters. The third kappa shape index (κ3) is 2.05. The van der Waals surface area contributed by atoms with Gasteiger partial charge in [-0.1, -0.05) is 29.3 Å². The zero-order valence-corrected chi connectivity index (χ0v) is 12.4. The highest BCUT2D eigenvalue weighted by atomic mass is 35.5. The van der Waals surface area contributed by atoms with Gasteiger partial charge in [-0.2, -0.15) is 19.6 Å². The fourth-order valence-corrected chi connectivity index (χ4v) is 3.10. The van der Waals surface area contributed by atoms with E-state index in [9.17, 15) is 0 Å². The molecule has 0 amide bonds. The fraction of sp³-hybridized carbons (Fsp3) is 0.267. The second kappa shape index (κ2) is 4.70. The van der Waals surface area contributed by atoms with E-state index in [1.807, 2.05) is 6.07 Å². The van der Waals surface area contributed by atoms with Crippen LogP contribution in [0.25, 0.3) is 5.78 Å². The lowest BCUT2D eigenvalue weighted by molar-refractivity contribution is 0.744. The molecule has 0 fully saturated rings. The smallest absolute Gasteiger partial charge is 0.255 e. The predicted octanol–water partition coefficient (Wildman–Crippen LogP) is 3.17. The monoisotopic (exact) mass is 299 g/mol. The topological polar surface area (TPSA) is 46.3 Å². The molecule has 0 radical (unpaired) electrons. The third-order valence-corrected chi connectivity index (χ3v) is 4.03. The van der Waals surface area contributed by atoms with Crippen LogP contribution in [0.2, 0.25) is 5.15 Å². The Bertz CT molecular complexity index is 826. The zero-order valence-electron chi connectivity index (χ0n) is 11.6. The number of aromatic nitrogens is 4. The van der Waals surface area contributed by atoms with Gasteiger partial charge in [0.2, 0.25) is 0 Å². The SMILES string of the molecule is Cc1ccc2c(c1)CCCN2c1cc(Cl)nc2ncnn12. The van der Waals surface area contributed by atoms with E-state index in [1.54, 1.807) is 4.52 Å². The van der Waals surface area contributed by atoms with Gasteiger partial charge in [0, 0.05) is 18.3 Å². The Morgan fingerprint density at radius 2 is 2.14 bits per heavy atom. The molecule has 0 bridgehead atoms. The highest BCUT2D eigenvalue weighted by Crippen LogP contribution is 2.34. The number of anilines is 2. The lowest BCUT2D eigenvalue weighted by Gasteiger charge is -2.31. The molecule has 3 heterocycles. The van der Waals surface area contributed by atoms with Gasteiger partial charge in [0.05, 0.1) is 0 Å². The summed E-state index contributed by atoms with van der Waals surface area (Å²) in [5, 5.41) is 4.70. The van der Waals surface area contributed by atoms with Gasteiger partial charge < -0.3 is 4.90 Å². The highest BCUT2D eigenvalue weighted by Gasteiger charge is 2.21. The van der Waals surface area contributed by atoms with Crippen molar-refractivity contribution in [2.45, 2.75) is 19.8 Å². The molecule has 0 aliphatic carbocycles. The molecule has 0 saturated carbocycles. The van der Waals surface area contributed by atoms with Gasteiger partial charge in [-0.05, 0) is 31.4 Å². The summed E-state index contributed by atoms with van der Waals surface area (Å²) in [4.78, 5) is 10.6. The summed E-state index contributed by atoms with van der Waals surface area (Å²) < 4.78 is 1.74. The maximum atomic E-state index is 6.13. The molecule has 0 unspecified atom stereocenters. The van der Waals surface area contributed by atoms with Crippen molar-refractivity contribution in [3.05, 3.63) is 46.9 Å². The van der Waals surface area contributed by atoms with Gasteiger partial charge in [-0.25, -0.2) is 0 Å². The maximum absolute atomic E-state index is 6.13. The largest absolute Gasteiger partial charge is 0.326 e. The minimum absolute atomic E-state index is 0.435. The number of hydrogen-bond donors (Lipinski definition) is 0. The summed E-state index contributed by atoms with van der Waals surface area (Å²) in [5.41, 5.74) is 3.86. The highest BCUT2D eigenvalue weighted by molar-refractivity contribution is 6.29. The van der Waals surface area contributed by atoms with Crippen LogP contribution in [0.3, 0.4) is 0 Å². The average Bonchev–Trinajstić information content (AvgIpc) is 2.93. The molecular weight excluding hydrogens is 286 g/mol. The van der Waals surface area contributed by atoms with Crippen LogP contribution >= 0.6 is 11.6 Å². The van der Waals surface area contributed by atoms with E-state index in [2.05, 4.69) is 45.1 Å². The molecule has 21 heavy (non-hydrogen) atoms. The van der Waals surface area contributed by atoms with Crippen LogP contribution < -0.4 is 4.90 Å². The van der Waals surface area contributed by atoms with Crippen molar-refractivity contribution in [2.24, 2.45) is 0 Å². The van der Waals surface area contributed by atoms with Gasteiger partial charge in [-0.3, -0.25) is 0 Å². The molecule has 0 N–H and O–H groups in total. The Labute approximate surface area is 127 Å². The molecule has 3 aromatic rings. The van der Waals surface area contributed by atoms with E-state index in [0.717, 1.165) is 25.2 Å². The second-order valence-electron chi connectivity index (χ2n) is 5.30. The van der Waals surface area contributed by atoms with E-state index in [4.69, 9.17) is 11.6 Å². The van der Waals surface area contributed by atoms with Crippen molar-refractivity contribution < 1.29 is 0 Å². The molecule has 6 heteroatoms. The molecule has 1 aliphatic heterocycles. The van der Waals surface area contributed by atoms with Crippen molar-refractivity contribution >= 4 is 28.9 Å². The van der Waals surface area contributed by atoms with Gasteiger partial charge >= 0.3 is 0 Å². The van der Waals surface area contributed by atoms with E-state index < -0.39 is 0 Å². The summed E-state index contributed by atoms with van der Waals surface area (Å²) in [6, 6.07) is 8.40. The predicted molar refractivity (Wildman–Crippen MR) is 82.3 cm³/mol. The van der Waals surface area contributed by atoms with Crippen molar-refractivity contribution in [3.8, 4) is 0 Å². The first-order valence-electron chi connectivity index (χ1n) is 6.96. The standard InChI is InChI=1S/C15H14ClN5/c1-10-4-5-12-11(7-10)3-2-6-20(12)14-8-13(16)19-15-17-9-18-21(14)15/h4-5,7-9H,2-3,6H2,1H3. The number of rotatable bonds is 1. The normalized spacial score (nSPS) is 14.5. The Kier molecular flexibility index (Phi) is 2.82. The minimum Gasteiger partial charge on any atom is -0.326 e. The van der Waals surface area contributed by atoms with Crippen molar-refractivity contribution in [2.75, 3.05) is 11.4 Å². The Morgan fingerprint density at radius 1 is 1.24 bits per heavy atom. The molecule has 106 valence electrons. The van der Waals surface area contributed by atoms with Crippen LogP contribution in [0.15, 0.2) is 30.6 Å². The lowest BCUT2D eigenvalue weighted by atomic mass is 9.99. The first-order chi connectivity index (χ1) is 10.2. The summed E-state index contributed by atoms with van der Waals surface area (Å²) in [6.07, 6.45) is 3.71. The van der Waals surface area contributed by atoms with Crippen molar-refractivity contribution in [1.82, 2.24) is 19.6 Å². The summed E-state index contributed by atoms with van der Waals surface area (Å²) in [6.45, 7) is 3.06. The second-order valence-corrected chi connectivity index (χ2v) is 5.68. The van der Waals surface area contributed by atoms with Crippen LogP contribution in [0.5, 0.6) is 0 Å². The summed E-state index contributed by atoms with van der Waals surface area (Å²) >= 11 is 6.13. The number of halogens is 1. The van der Waals surface area contributed by atoms with E-state index in [1.165, 1.54) is 23.1 Å². The van der Waals surface area contributed by atoms with Gasteiger partial charge in [-0.15, -0.1) is 0 Å². The molecule has 5 nitrogen and oxygen atoms in total. The molecule has 0 saturated heterocycles. The molecule has 0 spiro atoms. The van der Waals surface area contributed by atoms with Crippen LogP contribution in [-0.2, 0) is 6.42 Å². The molecule has 1 aromatic carbocycles. The van der Waals surface area contributed by atoms with Gasteiger partial charge in [0.25, 0.3) is 5.78 Å². The number of hydrogen-bond acceptors (Lipinski definition) is 4. The molecular formula is C15H14ClN5. The first-order valence-corrected chi connectivity index (χ1v) is 7.33. The number of aryl methyl sites for hydroxylation is 2. The minimum atomic E-state index is 0.435. The van der Waals surface area contributed by atoms with Crippen molar-refractivity contribution in [3.63, 3.8) is 0 Å². The first kappa shape index (κ1) is 12.6. The van der Waals surface area contributed by atoms with Gasteiger partial charge in [0.15, 0.2) is 0 Å². The number of fused-ring (bicyclic) bond motifs is 2. The van der Waals surface area contributed by atoms with Crippen LogP contribution in [-0.4, -0.2) is 26.1 Å².